The number of ether oxygens (including phenoxy) is 1. The van der Waals surface area contributed by atoms with Gasteiger partial charge in [-0.2, -0.15) is 4.98 Å². The number of nitrogens with zero attached hydrogens (tertiary/aromatic N) is 2. The van der Waals surface area contributed by atoms with E-state index in [1.807, 2.05) is 0 Å². The molecular formula is C9H14N2O3. The number of aromatic nitrogens is 2. The molecule has 0 bridgehead atoms. The van der Waals surface area contributed by atoms with Gasteiger partial charge in [0.15, 0.2) is 5.82 Å². The van der Waals surface area contributed by atoms with Crippen LogP contribution in [0.3, 0.4) is 0 Å². The lowest BCUT2D eigenvalue weighted by Crippen LogP contribution is -2.21. The molecule has 1 aliphatic rings. The van der Waals surface area contributed by atoms with E-state index in [1.165, 1.54) is 6.42 Å². The fourth-order valence-corrected chi connectivity index (χ4v) is 1.61. The highest BCUT2D eigenvalue weighted by molar-refractivity contribution is 4.88. The van der Waals surface area contributed by atoms with E-state index in [0.717, 1.165) is 19.4 Å². The van der Waals surface area contributed by atoms with Crippen LogP contribution in [0.15, 0.2) is 4.52 Å². The molecule has 5 heteroatoms. The van der Waals surface area contributed by atoms with Crippen molar-refractivity contribution >= 4 is 0 Å². The van der Waals surface area contributed by atoms with Crippen LogP contribution in [0, 0.1) is 0 Å². The van der Waals surface area contributed by atoms with Crippen LogP contribution >= 0.6 is 0 Å². The van der Waals surface area contributed by atoms with E-state index in [2.05, 4.69) is 10.1 Å². The maximum atomic E-state index is 8.73. The van der Waals surface area contributed by atoms with E-state index in [1.54, 1.807) is 0 Å². The van der Waals surface area contributed by atoms with Gasteiger partial charge in [-0.25, -0.2) is 0 Å². The third-order valence-corrected chi connectivity index (χ3v) is 2.33. The van der Waals surface area contributed by atoms with Crippen molar-refractivity contribution in [2.45, 2.75) is 38.4 Å². The number of hydrogen-bond acceptors (Lipinski definition) is 5. The summed E-state index contributed by atoms with van der Waals surface area (Å²) in [5.41, 5.74) is 0. The highest BCUT2D eigenvalue weighted by atomic mass is 16.5. The molecular weight excluding hydrogens is 184 g/mol. The van der Waals surface area contributed by atoms with Gasteiger partial charge in [-0.3, -0.25) is 0 Å². The Morgan fingerprint density at radius 3 is 3.00 bits per heavy atom. The smallest absolute Gasteiger partial charge is 0.252 e. The van der Waals surface area contributed by atoms with Crippen molar-refractivity contribution in [3.63, 3.8) is 0 Å². The molecule has 1 aromatic heterocycles. The largest absolute Gasteiger partial charge is 0.387 e. The van der Waals surface area contributed by atoms with E-state index < -0.39 is 0 Å². The third kappa shape index (κ3) is 2.30. The molecule has 14 heavy (non-hydrogen) atoms. The number of aliphatic hydroxyl groups excluding tert-OH is 1. The number of hydrogen-bond donors (Lipinski definition) is 1. The second kappa shape index (κ2) is 4.52. The van der Waals surface area contributed by atoms with E-state index in [-0.39, 0.29) is 18.6 Å². The van der Waals surface area contributed by atoms with Gasteiger partial charge in [0.05, 0.1) is 6.10 Å². The summed E-state index contributed by atoms with van der Waals surface area (Å²) in [5, 5.41) is 12.5. The van der Waals surface area contributed by atoms with Crippen molar-refractivity contribution in [2.75, 3.05) is 6.61 Å². The lowest BCUT2D eigenvalue weighted by Gasteiger charge is -2.20. The van der Waals surface area contributed by atoms with Crippen LogP contribution in [-0.2, 0) is 17.8 Å². The van der Waals surface area contributed by atoms with Crippen molar-refractivity contribution in [3.8, 4) is 0 Å². The molecule has 78 valence electrons. The summed E-state index contributed by atoms with van der Waals surface area (Å²) >= 11 is 0. The molecule has 0 aromatic carbocycles. The van der Waals surface area contributed by atoms with Crippen LogP contribution in [0.1, 0.15) is 31.0 Å². The highest BCUT2D eigenvalue weighted by Gasteiger charge is 2.17. The van der Waals surface area contributed by atoms with Gasteiger partial charge in [0.1, 0.15) is 6.61 Å². The standard InChI is InChI=1S/C9H14N2O3/c12-6-9-10-8(11-14-9)5-7-3-1-2-4-13-7/h7,12H,1-6H2. The zero-order chi connectivity index (χ0) is 9.80. The van der Waals surface area contributed by atoms with Crippen molar-refractivity contribution < 1.29 is 14.4 Å². The van der Waals surface area contributed by atoms with Gasteiger partial charge in [-0.1, -0.05) is 5.16 Å². The topological polar surface area (TPSA) is 68.4 Å². The molecule has 1 unspecified atom stereocenters. The molecule has 1 aromatic rings. The first kappa shape index (κ1) is 9.61. The molecule has 1 atom stereocenters. The summed E-state index contributed by atoms with van der Waals surface area (Å²) in [5.74, 6) is 0.900. The molecule has 2 rings (SSSR count). The maximum Gasteiger partial charge on any atom is 0.252 e. The molecule has 0 aliphatic carbocycles. The first-order valence-electron chi connectivity index (χ1n) is 4.92. The average Bonchev–Trinajstić information content (AvgIpc) is 2.67. The van der Waals surface area contributed by atoms with Crippen LogP contribution in [0.4, 0.5) is 0 Å². The Morgan fingerprint density at radius 1 is 1.43 bits per heavy atom. The molecule has 0 amide bonds. The molecule has 1 fully saturated rings. The first-order chi connectivity index (χ1) is 6.88. The average molecular weight is 198 g/mol. The number of aliphatic hydroxyl groups is 1. The van der Waals surface area contributed by atoms with Gasteiger partial charge in [-0.05, 0) is 19.3 Å². The second-order valence-electron chi connectivity index (χ2n) is 3.46. The molecule has 2 heterocycles. The minimum Gasteiger partial charge on any atom is -0.387 e. The van der Waals surface area contributed by atoms with Crippen LogP contribution in [0.2, 0.25) is 0 Å². The monoisotopic (exact) mass is 198 g/mol. The molecule has 0 spiro atoms. The summed E-state index contributed by atoms with van der Waals surface area (Å²) in [6.45, 7) is 0.633. The van der Waals surface area contributed by atoms with E-state index in [4.69, 9.17) is 14.4 Å². The van der Waals surface area contributed by atoms with Gasteiger partial charge in [0.2, 0.25) is 0 Å². The van der Waals surface area contributed by atoms with Crippen molar-refractivity contribution in [2.24, 2.45) is 0 Å². The maximum absolute atomic E-state index is 8.73. The summed E-state index contributed by atoms with van der Waals surface area (Å²) in [4.78, 5) is 4.02. The lowest BCUT2D eigenvalue weighted by molar-refractivity contribution is 0.0153. The predicted molar refractivity (Wildman–Crippen MR) is 47.5 cm³/mol. The van der Waals surface area contributed by atoms with Gasteiger partial charge in [0, 0.05) is 13.0 Å². The Hall–Kier alpha value is -0.940. The quantitative estimate of drug-likeness (QED) is 0.773. The molecule has 1 aliphatic heterocycles. The summed E-state index contributed by atoms with van der Waals surface area (Å²) in [6.07, 6.45) is 4.31. The zero-order valence-electron chi connectivity index (χ0n) is 7.98. The van der Waals surface area contributed by atoms with Gasteiger partial charge >= 0.3 is 0 Å². The Bertz CT molecular complexity index is 281. The summed E-state index contributed by atoms with van der Waals surface area (Å²) in [7, 11) is 0. The molecule has 0 saturated carbocycles. The minimum absolute atomic E-state index is 0.196. The molecule has 1 N–H and O–H groups in total. The first-order valence-corrected chi connectivity index (χ1v) is 4.92. The van der Waals surface area contributed by atoms with Crippen molar-refractivity contribution in [3.05, 3.63) is 11.7 Å². The zero-order valence-corrected chi connectivity index (χ0v) is 7.98. The molecule has 1 saturated heterocycles. The SMILES string of the molecule is OCc1nc(CC2CCCCO2)no1. The van der Waals surface area contributed by atoms with Gasteiger partial charge in [0.25, 0.3) is 5.89 Å². The van der Waals surface area contributed by atoms with Gasteiger partial charge < -0.3 is 14.4 Å². The van der Waals surface area contributed by atoms with Crippen LogP contribution in [0.5, 0.6) is 0 Å². The number of rotatable bonds is 3. The van der Waals surface area contributed by atoms with Crippen LogP contribution in [-0.4, -0.2) is 28.0 Å². The molecule has 0 radical (unpaired) electrons. The Kier molecular flexibility index (Phi) is 3.10. The minimum atomic E-state index is -0.196. The van der Waals surface area contributed by atoms with Crippen LogP contribution in [0.25, 0.3) is 0 Å². The normalized spacial score (nSPS) is 22.5. The molecule has 5 nitrogen and oxygen atoms in total. The predicted octanol–water partition coefficient (Wildman–Crippen LogP) is 0.673. The summed E-state index contributed by atoms with van der Waals surface area (Å²) < 4.78 is 10.3. The van der Waals surface area contributed by atoms with E-state index in [0.29, 0.717) is 12.2 Å². The Morgan fingerprint density at radius 2 is 2.36 bits per heavy atom. The van der Waals surface area contributed by atoms with E-state index in [9.17, 15) is 0 Å². The fraction of sp³-hybridized carbons (Fsp3) is 0.778. The summed E-state index contributed by atoms with van der Waals surface area (Å²) in [6, 6.07) is 0. The Balaban J connectivity index is 1.89. The Labute approximate surface area is 82.1 Å². The van der Waals surface area contributed by atoms with Crippen LogP contribution < -0.4 is 0 Å². The third-order valence-electron chi connectivity index (χ3n) is 2.33. The van der Waals surface area contributed by atoms with Gasteiger partial charge in [-0.15, -0.1) is 0 Å². The van der Waals surface area contributed by atoms with Crippen molar-refractivity contribution in [1.82, 2.24) is 10.1 Å². The van der Waals surface area contributed by atoms with E-state index >= 15 is 0 Å². The second-order valence-corrected chi connectivity index (χ2v) is 3.46. The highest BCUT2D eigenvalue weighted by Crippen LogP contribution is 2.15. The van der Waals surface area contributed by atoms with Crippen molar-refractivity contribution in [1.29, 1.82) is 0 Å². The lowest BCUT2D eigenvalue weighted by atomic mass is 10.1. The fourth-order valence-electron chi connectivity index (χ4n) is 1.61.